The predicted octanol–water partition coefficient (Wildman–Crippen LogP) is 2.03. The van der Waals surface area contributed by atoms with Crippen molar-refractivity contribution in [3.8, 4) is 6.07 Å². The summed E-state index contributed by atoms with van der Waals surface area (Å²) in [6.07, 6.45) is 3.38. The van der Waals surface area contributed by atoms with E-state index in [4.69, 9.17) is 10.00 Å². The van der Waals surface area contributed by atoms with Crippen LogP contribution in [0.1, 0.15) is 18.4 Å². The van der Waals surface area contributed by atoms with Crippen LogP contribution in [0.2, 0.25) is 0 Å². The van der Waals surface area contributed by atoms with Gasteiger partial charge in [-0.2, -0.15) is 5.26 Å². The van der Waals surface area contributed by atoms with Crippen LogP contribution in [-0.2, 0) is 9.53 Å². The SMILES string of the molecule is N#C/C(=C/c1ccc(F)cc1)C(=O)NC[C@@H]1CCCO1. The summed E-state index contributed by atoms with van der Waals surface area (Å²) in [5.41, 5.74) is 0.602. The van der Waals surface area contributed by atoms with Crippen LogP contribution in [0.15, 0.2) is 29.8 Å². The second-order valence-corrected chi connectivity index (χ2v) is 4.57. The molecule has 1 heterocycles. The fourth-order valence-corrected chi connectivity index (χ4v) is 1.98. The lowest BCUT2D eigenvalue weighted by molar-refractivity contribution is -0.117. The minimum atomic E-state index is -0.438. The van der Waals surface area contributed by atoms with Gasteiger partial charge in [0.05, 0.1) is 6.10 Å². The Hall–Kier alpha value is -2.19. The van der Waals surface area contributed by atoms with E-state index < -0.39 is 5.91 Å². The van der Waals surface area contributed by atoms with Crippen LogP contribution in [0, 0.1) is 17.1 Å². The number of carbonyl (C=O) groups is 1. The third kappa shape index (κ3) is 3.90. The summed E-state index contributed by atoms with van der Waals surface area (Å²) in [5.74, 6) is -0.796. The Morgan fingerprint density at radius 2 is 2.25 bits per heavy atom. The number of benzene rings is 1. The van der Waals surface area contributed by atoms with E-state index in [1.54, 1.807) is 0 Å². The minimum absolute atomic E-state index is 0.00500. The molecule has 0 spiro atoms. The maximum absolute atomic E-state index is 12.8. The summed E-state index contributed by atoms with van der Waals surface area (Å²) in [4.78, 5) is 11.9. The van der Waals surface area contributed by atoms with E-state index in [-0.39, 0.29) is 17.5 Å². The number of hydrogen-bond donors (Lipinski definition) is 1. The molecule has 1 fully saturated rings. The van der Waals surface area contributed by atoms with Gasteiger partial charge < -0.3 is 10.1 Å². The average Bonchev–Trinajstić information content (AvgIpc) is 2.97. The third-order valence-corrected chi connectivity index (χ3v) is 3.06. The Morgan fingerprint density at radius 3 is 2.85 bits per heavy atom. The van der Waals surface area contributed by atoms with Gasteiger partial charge in [-0.25, -0.2) is 4.39 Å². The highest BCUT2D eigenvalue weighted by Crippen LogP contribution is 2.11. The van der Waals surface area contributed by atoms with Gasteiger partial charge in [-0.05, 0) is 36.6 Å². The van der Waals surface area contributed by atoms with Crippen LogP contribution in [-0.4, -0.2) is 25.2 Å². The van der Waals surface area contributed by atoms with Crippen molar-refractivity contribution in [3.63, 3.8) is 0 Å². The topological polar surface area (TPSA) is 62.1 Å². The van der Waals surface area contributed by atoms with Crippen molar-refractivity contribution in [1.29, 1.82) is 5.26 Å². The second kappa shape index (κ2) is 6.83. The molecule has 104 valence electrons. The summed E-state index contributed by atoms with van der Waals surface area (Å²) < 4.78 is 18.2. The van der Waals surface area contributed by atoms with Gasteiger partial charge in [0.1, 0.15) is 17.5 Å². The van der Waals surface area contributed by atoms with E-state index in [2.05, 4.69) is 5.32 Å². The number of ether oxygens (including phenoxy) is 1. The van der Waals surface area contributed by atoms with Gasteiger partial charge >= 0.3 is 0 Å². The molecule has 0 saturated carbocycles. The highest BCUT2D eigenvalue weighted by molar-refractivity contribution is 6.01. The maximum Gasteiger partial charge on any atom is 0.262 e. The van der Waals surface area contributed by atoms with E-state index in [1.165, 1.54) is 30.3 Å². The standard InChI is InChI=1S/C15H15FN2O2/c16-13-5-3-11(4-6-13)8-12(9-17)15(19)18-10-14-2-1-7-20-14/h3-6,8,14H,1-2,7,10H2,(H,18,19)/b12-8-/t14-/m0/s1. The molecule has 20 heavy (non-hydrogen) atoms. The Labute approximate surface area is 116 Å². The van der Waals surface area contributed by atoms with Gasteiger partial charge in [0, 0.05) is 13.2 Å². The van der Waals surface area contributed by atoms with E-state index in [0.717, 1.165) is 19.4 Å². The molecule has 5 heteroatoms. The van der Waals surface area contributed by atoms with Crippen molar-refractivity contribution in [3.05, 3.63) is 41.2 Å². The molecular weight excluding hydrogens is 259 g/mol. The summed E-state index contributed by atoms with van der Waals surface area (Å²) in [5, 5.41) is 11.7. The maximum atomic E-state index is 12.8. The van der Waals surface area contributed by atoms with Crippen LogP contribution in [0.5, 0.6) is 0 Å². The van der Waals surface area contributed by atoms with E-state index in [0.29, 0.717) is 12.1 Å². The molecule has 4 nitrogen and oxygen atoms in total. The van der Waals surface area contributed by atoms with Crippen molar-refractivity contribution in [2.24, 2.45) is 0 Å². The lowest BCUT2D eigenvalue weighted by Crippen LogP contribution is -2.32. The summed E-state index contributed by atoms with van der Waals surface area (Å²) >= 11 is 0. The summed E-state index contributed by atoms with van der Waals surface area (Å²) in [7, 11) is 0. The molecule has 1 aromatic rings. The number of carbonyl (C=O) groups excluding carboxylic acids is 1. The first-order valence-corrected chi connectivity index (χ1v) is 6.46. The molecule has 1 saturated heterocycles. The first-order valence-electron chi connectivity index (χ1n) is 6.46. The molecule has 1 aliphatic heterocycles. The van der Waals surface area contributed by atoms with Gasteiger partial charge in [-0.15, -0.1) is 0 Å². The van der Waals surface area contributed by atoms with Gasteiger partial charge in [0.15, 0.2) is 0 Å². The van der Waals surface area contributed by atoms with Crippen LogP contribution in [0.3, 0.4) is 0 Å². The van der Waals surface area contributed by atoms with Crippen LogP contribution in [0.25, 0.3) is 6.08 Å². The van der Waals surface area contributed by atoms with Gasteiger partial charge in [0.2, 0.25) is 0 Å². The molecule has 0 bridgehead atoms. The molecular formula is C15H15FN2O2. The molecule has 1 amide bonds. The highest BCUT2D eigenvalue weighted by atomic mass is 19.1. The molecule has 1 atom stereocenters. The van der Waals surface area contributed by atoms with E-state index in [9.17, 15) is 9.18 Å². The monoisotopic (exact) mass is 274 g/mol. The van der Waals surface area contributed by atoms with Crippen LogP contribution >= 0.6 is 0 Å². The predicted molar refractivity (Wildman–Crippen MR) is 72.0 cm³/mol. The summed E-state index contributed by atoms with van der Waals surface area (Å²) in [6, 6.07) is 7.45. The zero-order chi connectivity index (χ0) is 14.4. The first kappa shape index (κ1) is 14.2. The molecule has 0 unspecified atom stereocenters. The van der Waals surface area contributed by atoms with E-state index >= 15 is 0 Å². The van der Waals surface area contributed by atoms with Crippen molar-refractivity contribution < 1.29 is 13.9 Å². The van der Waals surface area contributed by atoms with Crippen molar-refractivity contribution in [2.45, 2.75) is 18.9 Å². The minimum Gasteiger partial charge on any atom is -0.376 e. The largest absolute Gasteiger partial charge is 0.376 e. The normalized spacial score (nSPS) is 18.6. The number of nitrogens with one attached hydrogen (secondary N) is 1. The van der Waals surface area contributed by atoms with E-state index in [1.807, 2.05) is 6.07 Å². The Kier molecular flexibility index (Phi) is 4.85. The first-order chi connectivity index (χ1) is 9.69. The van der Waals surface area contributed by atoms with Gasteiger partial charge in [-0.1, -0.05) is 12.1 Å². The molecule has 0 aromatic heterocycles. The van der Waals surface area contributed by atoms with Gasteiger partial charge in [-0.3, -0.25) is 4.79 Å². The number of halogens is 1. The number of nitrogens with zero attached hydrogens (tertiary/aromatic N) is 1. The Balaban J connectivity index is 1.97. The lowest BCUT2D eigenvalue weighted by Gasteiger charge is -2.10. The molecule has 0 radical (unpaired) electrons. The number of nitriles is 1. The molecule has 0 aliphatic carbocycles. The van der Waals surface area contributed by atoms with Crippen molar-refractivity contribution >= 4 is 12.0 Å². The number of rotatable bonds is 4. The second-order valence-electron chi connectivity index (χ2n) is 4.57. The van der Waals surface area contributed by atoms with Crippen LogP contribution < -0.4 is 5.32 Å². The zero-order valence-corrected chi connectivity index (χ0v) is 10.9. The van der Waals surface area contributed by atoms with Crippen molar-refractivity contribution in [1.82, 2.24) is 5.32 Å². The van der Waals surface area contributed by atoms with Gasteiger partial charge in [0.25, 0.3) is 5.91 Å². The Bertz CT molecular complexity index is 540. The zero-order valence-electron chi connectivity index (χ0n) is 10.9. The molecule has 1 aromatic carbocycles. The Morgan fingerprint density at radius 1 is 1.50 bits per heavy atom. The fourth-order valence-electron chi connectivity index (χ4n) is 1.98. The molecule has 1 aliphatic rings. The molecule has 1 N–H and O–H groups in total. The third-order valence-electron chi connectivity index (χ3n) is 3.06. The number of hydrogen-bond acceptors (Lipinski definition) is 3. The lowest BCUT2D eigenvalue weighted by atomic mass is 10.1. The summed E-state index contributed by atoms with van der Waals surface area (Å²) in [6.45, 7) is 1.12. The average molecular weight is 274 g/mol. The molecule has 2 rings (SSSR count). The van der Waals surface area contributed by atoms with Crippen LogP contribution in [0.4, 0.5) is 4.39 Å². The quantitative estimate of drug-likeness (QED) is 0.675. The smallest absolute Gasteiger partial charge is 0.262 e. The fraction of sp³-hybridized carbons (Fsp3) is 0.333. The van der Waals surface area contributed by atoms with Crippen molar-refractivity contribution in [2.75, 3.05) is 13.2 Å². The number of amides is 1. The highest BCUT2D eigenvalue weighted by Gasteiger charge is 2.17.